The van der Waals surface area contributed by atoms with Crippen LogP contribution in [0.4, 0.5) is 5.82 Å². The van der Waals surface area contributed by atoms with Crippen LogP contribution in [0.1, 0.15) is 11.3 Å². The first-order valence-electron chi connectivity index (χ1n) is 4.40. The van der Waals surface area contributed by atoms with Crippen LogP contribution >= 0.6 is 0 Å². The summed E-state index contributed by atoms with van der Waals surface area (Å²) < 4.78 is 1.68. The molecule has 5 nitrogen and oxygen atoms in total. The highest BCUT2D eigenvalue weighted by atomic mass is 15.3. The van der Waals surface area contributed by atoms with Crippen LogP contribution in [0.3, 0.4) is 0 Å². The van der Waals surface area contributed by atoms with Gasteiger partial charge in [0.05, 0.1) is 6.20 Å². The van der Waals surface area contributed by atoms with Gasteiger partial charge in [-0.2, -0.15) is 10.2 Å². The van der Waals surface area contributed by atoms with Crippen LogP contribution < -0.4 is 5.73 Å². The number of H-pyrrole nitrogens is 1. The summed E-state index contributed by atoms with van der Waals surface area (Å²) in [7, 11) is 1.83. The highest BCUT2D eigenvalue weighted by Crippen LogP contribution is 2.26. The molecule has 2 heterocycles. The van der Waals surface area contributed by atoms with Gasteiger partial charge in [-0.25, -0.2) is 0 Å². The van der Waals surface area contributed by atoms with Gasteiger partial charge in [-0.15, -0.1) is 0 Å². The third-order valence-corrected chi connectivity index (χ3v) is 2.42. The number of nitrogens with zero attached hydrogens (tertiary/aromatic N) is 3. The van der Waals surface area contributed by atoms with Gasteiger partial charge in [-0.3, -0.25) is 9.78 Å². The van der Waals surface area contributed by atoms with E-state index in [1.807, 2.05) is 20.9 Å². The minimum Gasteiger partial charge on any atom is -0.384 e. The molecule has 14 heavy (non-hydrogen) atoms. The van der Waals surface area contributed by atoms with E-state index < -0.39 is 0 Å². The third-order valence-electron chi connectivity index (χ3n) is 2.42. The molecular formula is C9H13N5. The molecule has 0 unspecified atom stereocenters. The molecule has 2 aromatic rings. The molecule has 3 N–H and O–H groups in total. The Hall–Kier alpha value is -1.78. The van der Waals surface area contributed by atoms with Crippen LogP contribution in [0.2, 0.25) is 0 Å². The number of rotatable bonds is 1. The number of hydrogen-bond acceptors (Lipinski definition) is 3. The van der Waals surface area contributed by atoms with Gasteiger partial charge >= 0.3 is 0 Å². The zero-order valence-electron chi connectivity index (χ0n) is 8.50. The van der Waals surface area contributed by atoms with Crippen molar-refractivity contribution in [1.82, 2.24) is 20.0 Å². The Bertz CT molecular complexity index is 466. The highest BCUT2D eigenvalue weighted by molar-refractivity contribution is 5.68. The first-order valence-corrected chi connectivity index (χ1v) is 4.40. The number of aryl methyl sites for hydroxylation is 2. The predicted molar refractivity (Wildman–Crippen MR) is 54.7 cm³/mol. The molecule has 74 valence electrons. The van der Waals surface area contributed by atoms with Crippen LogP contribution in [0.25, 0.3) is 11.3 Å². The van der Waals surface area contributed by atoms with Gasteiger partial charge in [-0.05, 0) is 13.8 Å². The summed E-state index contributed by atoms with van der Waals surface area (Å²) in [6.07, 6.45) is 1.77. The van der Waals surface area contributed by atoms with E-state index in [1.54, 1.807) is 10.9 Å². The zero-order valence-corrected chi connectivity index (χ0v) is 8.50. The number of nitrogens with one attached hydrogen (secondary N) is 1. The number of nitrogens with two attached hydrogens (primary N) is 1. The van der Waals surface area contributed by atoms with Gasteiger partial charge in [0, 0.05) is 23.9 Å². The Balaban J connectivity index is 2.63. The summed E-state index contributed by atoms with van der Waals surface area (Å²) in [6.45, 7) is 3.93. The van der Waals surface area contributed by atoms with Crippen molar-refractivity contribution in [3.8, 4) is 11.3 Å². The molecule has 0 aromatic carbocycles. The summed E-state index contributed by atoms with van der Waals surface area (Å²) >= 11 is 0. The maximum Gasteiger partial charge on any atom is 0.124 e. The fourth-order valence-corrected chi connectivity index (χ4v) is 1.49. The molecule has 2 rings (SSSR count). The van der Waals surface area contributed by atoms with Crippen molar-refractivity contribution in [2.45, 2.75) is 13.8 Å². The normalized spacial score (nSPS) is 10.8. The second-order valence-corrected chi connectivity index (χ2v) is 3.39. The van der Waals surface area contributed by atoms with E-state index in [9.17, 15) is 0 Å². The fraction of sp³-hybridized carbons (Fsp3) is 0.333. The lowest BCUT2D eigenvalue weighted by Gasteiger charge is -1.94. The summed E-state index contributed by atoms with van der Waals surface area (Å²) in [4.78, 5) is 0. The standard InChI is InChI=1S/C9H13N5/c1-5-8(13-14(3)9(5)10)7-4-11-12-6(7)2/h4H,10H2,1-3H3,(H,11,12). The molecule has 0 fully saturated rings. The zero-order chi connectivity index (χ0) is 10.3. The van der Waals surface area contributed by atoms with Crippen LogP contribution in [-0.4, -0.2) is 20.0 Å². The lowest BCUT2D eigenvalue weighted by molar-refractivity contribution is 0.782. The van der Waals surface area contributed by atoms with Crippen LogP contribution in [0.15, 0.2) is 6.20 Å². The number of aromatic nitrogens is 4. The van der Waals surface area contributed by atoms with Gasteiger partial charge in [-0.1, -0.05) is 0 Å². The molecule has 0 saturated heterocycles. The van der Waals surface area contributed by atoms with Crippen LogP contribution in [0, 0.1) is 13.8 Å². The molecule has 0 aliphatic heterocycles. The number of nitrogen functional groups attached to an aromatic ring is 1. The molecule has 0 atom stereocenters. The van der Waals surface area contributed by atoms with E-state index in [0.29, 0.717) is 5.82 Å². The summed E-state index contributed by atoms with van der Waals surface area (Å²) in [6, 6.07) is 0. The molecule has 0 aliphatic rings. The summed E-state index contributed by atoms with van der Waals surface area (Å²) in [5, 5.41) is 11.2. The van der Waals surface area contributed by atoms with E-state index in [1.165, 1.54) is 0 Å². The first kappa shape index (κ1) is 8.80. The molecular weight excluding hydrogens is 178 g/mol. The molecule has 2 aromatic heterocycles. The number of aromatic amines is 1. The molecule has 0 spiro atoms. The van der Waals surface area contributed by atoms with Crippen molar-refractivity contribution in [3.63, 3.8) is 0 Å². The lowest BCUT2D eigenvalue weighted by Crippen LogP contribution is -1.97. The van der Waals surface area contributed by atoms with E-state index in [4.69, 9.17) is 5.73 Å². The second kappa shape index (κ2) is 2.87. The molecule has 5 heteroatoms. The second-order valence-electron chi connectivity index (χ2n) is 3.39. The third kappa shape index (κ3) is 1.09. The number of hydrogen-bond donors (Lipinski definition) is 2. The maximum atomic E-state index is 5.83. The predicted octanol–water partition coefficient (Wildman–Crippen LogP) is 1.01. The molecule has 0 bridgehead atoms. The van der Waals surface area contributed by atoms with E-state index in [2.05, 4.69) is 15.3 Å². The molecule has 0 aliphatic carbocycles. The Morgan fingerprint density at radius 2 is 2.14 bits per heavy atom. The maximum absolute atomic E-state index is 5.83. The summed E-state index contributed by atoms with van der Waals surface area (Å²) in [5.41, 5.74) is 9.74. The van der Waals surface area contributed by atoms with Crippen molar-refractivity contribution in [2.24, 2.45) is 7.05 Å². The van der Waals surface area contributed by atoms with Gasteiger partial charge < -0.3 is 5.73 Å². The van der Waals surface area contributed by atoms with E-state index in [-0.39, 0.29) is 0 Å². The highest BCUT2D eigenvalue weighted by Gasteiger charge is 2.14. The first-order chi connectivity index (χ1) is 6.61. The lowest BCUT2D eigenvalue weighted by atomic mass is 10.1. The molecule has 0 radical (unpaired) electrons. The quantitative estimate of drug-likeness (QED) is 0.706. The van der Waals surface area contributed by atoms with Crippen molar-refractivity contribution in [2.75, 3.05) is 5.73 Å². The number of anilines is 1. The minimum atomic E-state index is 0.695. The van der Waals surface area contributed by atoms with Crippen LogP contribution in [-0.2, 0) is 7.05 Å². The van der Waals surface area contributed by atoms with Gasteiger partial charge in [0.1, 0.15) is 11.5 Å². The Kier molecular flexibility index (Phi) is 1.80. The average Bonchev–Trinajstić information content (AvgIpc) is 2.66. The Morgan fingerprint density at radius 1 is 1.43 bits per heavy atom. The van der Waals surface area contributed by atoms with Crippen molar-refractivity contribution in [3.05, 3.63) is 17.5 Å². The fourth-order valence-electron chi connectivity index (χ4n) is 1.49. The van der Waals surface area contributed by atoms with Crippen molar-refractivity contribution in [1.29, 1.82) is 0 Å². The minimum absolute atomic E-state index is 0.695. The van der Waals surface area contributed by atoms with E-state index in [0.717, 1.165) is 22.5 Å². The molecule has 0 saturated carbocycles. The van der Waals surface area contributed by atoms with Crippen LogP contribution in [0.5, 0.6) is 0 Å². The Morgan fingerprint density at radius 3 is 2.57 bits per heavy atom. The van der Waals surface area contributed by atoms with Crippen molar-refractivity contribution < 1.29 is 0 Å². The largest absolute Gasteiger partial charge is 0.384 e. The average molecular weight is 191 g/mol. The topological polar surface area (TPSA) is 72.5 Å². The van der Waals surface area contributed by atoms with Crippen molar-refractivity contribution >= 4 is 5.82 Å². The molecule has 0 amide bonds. The SMILES string of the molecule is Cc1[nH]ncc1-c1nn(C)c(N)c1C. The van der Waals surface area contributed by atoms with Gasteiger partial charge in [0.2, 0.25) is 0 Å². The van der Waals surface area contributed by atoms with Gasteiger partial charge in [0.25, 0.3) is 0 Å². The smallest absolute Gasteiger partial charge is 0.124 e. The summed E-state index contributed by atoms with van der Waals surface area (Å²) in [5.74, 6) is 0.695. The van der Waals surface area contributed by atoms with E-state index >= 15 is 0 Å². The van der Waals surface area contributed by atoms with Gasteiger partial charge in [0.15, 0.2) is 0 Å². The Labute approximate surface area is 81.9 Å². The monoisotopic (exact) mass is 191 g/mol.